The molecule has 0 saturated carbocycles. The Hall–Kier alpha value is -2.53. The normalized spacial score (nSPS) is 23.0. The molecule has 2 aliphatic heterocycles. The van der Waals surface area contributed by atoms with E-state index in [0.717, 1.165) is 18.7 Å². The molecule has 0 amide bonds. The molecule has 154 valence electrons. The van der Waals surface area contributed by atoms with Gasteiger partial charge in [0.05, 0.1) is 11.7 Å². The van der Waals surface area contributed by atoms with Gasteiger partial charge in [0.1, 0.15) is 6.04 Å². The Morgan fingerprint density at radius 2 is 1.90 bits per heavy atom. The zero-order valence-corrected chi connectivity index (χ0v) is 18.9. The van der Waals surface area contributed by atoms with Crippen molar-refractivity contribution in [1.29, 1.82) is 0 Å². The van der Waals surface area contributed by atoms with Crippen LogP contribution >= 0.6 is 11.8 Å². The third-order valence-corrected chi connectivity index (χ3v) is 7.39. The predicted octanol–water partition coefficient (Wildman–Crippen LogP) is 5.64. The number of hydrogen-bond donors (Lipinski definition) is 0. The number of rotatable bonds is 4. The summed E-state index contributed by atoms with van der Waals surface area (Å²) in [5, 5.41) is 1.74. The first-order valence-corrected chi connectivity index (χ1v) is 11.7. The van der Waals surface area contributed by atoms with Crippen LogP contribution in [0.5, 0.6) is 0 Å². The largest absolute Gasteiger partial charge is 0.341 e. The van der Waals surface area contributed by atoms with Crippen LogP contribution in [0.4, 0.5) is 0 Å². The van der Waals surface area contributed by atoms with Gasteiger partial charge in [0.15, 0.2) is 5.17 Å². The lowest BCUT2D eigenvalue weighted by atomic mass is 9.96. The Morgan fingerprint density at radius 1 is 1.10 bits per heavy atom. The summed E-state index contributed by atoms with van der Waals surface area (Å²) in [5.41, 5.74) is 7.66. The molecule has 0 spiro atoms. The number of aryl methyl sites for hydroxylation is 2. The summed E-state index contributed by atoms with van der Waals surface area (Å²) in [4.78, 5) is 12.3. The summed E-state index contributed by atoms with van der Waals surface area (Å²) in [6.07, 6.45) is 2.91. The van der Waals surface area contributed by atoms with E-state index in [-0.39, 0.29) is 12.1 Å². The lowest BCUT2D eigenvalue weighted by Gasteiger charge is -2.27. The molecule has 0 aliphatic carbocycles. The Labute approximate surface area is 183 Å². The molecule has 1 fully saturated rings. The summed E-state index contributed by atoms with van der Waals surface area (Å²) in [5.74, 6) is 0. The molecule has 5 heteroatoms. The third kappa shape index (κ3) is 3.07. The minimum absolute atomic E-state index is 0.0385. The van der Waals surface area contributed by atoms with Gasteiger partial charge in [-0.15, -0.1) is 0 Å². The maximum absolute atomic E-state index is 5.15. The molecule has 0 N–H and O–H groups in total. The van der Waals surface area contributed by atoms with E-state index in [4.69, 9.17) is 4.99 Å². The fourth-order valence-electron chi connectivity index (χ4n) is 4.94. The summed E-state index contributed by atoms with van der Waals surface area (Å²) in [6.45, 7) is 10.0. The van der Waals surface area contributed by atoms with Gasteiger partial charge in [-0.05, 0) is 55.7 Å². The molecule has 1 saturated heterocycles. The molecule has 3 aromatic rings. The molecule has 0 bridgehead atoms. The number of pyridine rings is 1. The van der Waals surface area contributed by atoms with Crippen molar-refractivity contribution in [3.05, 3.63) is 82.9 Å². The fourth-order valence-corrected chi connectivity index (χ4v) is 6.03. The first kappa shape index (κ1) is 19.4. The van der Waals surface area contributed by atoms with Crippen LogP contribution in [0, 0.1) is 13.8 Å². The molecular weight excluding hydrogens is 388 g/mol. The molecule has 2 aliphatic rings. The van der Waals surface area contributed by atoms with Gasteiger partial charge in [-0.1, -0.05) is 49.9 Å². The summed E-state index contributed by atoms with van der Waals surface area (Å²) < 4.78 is 2.42. The second-order valence-electron chi connectivity index (χ2n) is 8.28. The second-order valence-corrected chi connectivity index (χ2v) is 9.69. The number of aliphatic imine (C=N–C) groups is 1. The highest BCUT2D eigenvalue weighted by molar-refractivity contribution is 8.14. The van der Waals surface area contributed by atoms with Crippen LogP contribution in [0.25, 0.3) is 5.69 Å². The predicted molar refractivity (Wildman–Crippen MR) is 126 cm³/mol. The first-order chi connectivity index (χ1) is 14.6. The topological polar surface area (TPSA) is 33.4 Å². The average Bonchev–Trinajstić information content (AvgIpc) is 3.38. The van der Waals surface area contributed by atoms with Crippen molar-refractivity contribution < 1.29 is 0 Å². The summed E-state index contributed by atoms with van der Waals surface area (Å²) >= 11 is 1.89. The van der Waals surface area contributed by atoms with E-state index in [1.807, 2.05) is 24.0 Å². The van der Waals surface area contributed by atoms with E-state index in [9.17, 15) is 0 Å². The van der Waals surface area contributed by atoms with E-state index in [1.54, 1.807) is 0 Å². The number of para-hydroxylation sites is 1. The van der Waals surface area contributed by atoms with Crippen LogP contribution in [-0.2, 0) is 6.42 Å². The zero-order valence-electron chi connectivity index (χ0n) is 18.0. The maximum atomic E-state index is 5.15. The van der Waals surface area contributed by atoms with Gasteiger partial charge in [0.25, 0.3) is 0 Å². The van der Waals surface area contributed by atoms with Gasteiger partial charge in [-0.3, -0.25) is 9.98 Å². The summed E-state index contributed by atoms with van der Waals surface area (Å²) in [7, 11) is 0. The quantitative estimate of drug-likeness (QED) is 0.552. The molecule has 2 aromatic heterocycles. The first-order valence-electron chi connectivity index (χ1n) is 10.8. The van der Waals surface area contributed by atoms with E-state index in [0.29, 0.717) is 5.25 Å². The van der Waals surface area contributed by atoms with E-state index in [2.05, 4.69) is 84.6 Å². The van der Waals surface area contributed by atoms with Crippen molar-refractivity contribution in [1.82, 2.24) is 14.5 Å². The Morgan fingerprint density at radius 3 is 2.67 bits per heavy atom. The minimum Gasteiger partial charge on any atom is -0.341 e. The molecule has 3 atom stereocenters. The Kier molecular flexibility index (Phi) is 4.94. The molecular formula is C25H28N4S. The van der Waals surface area contributed by atoms with Gasteiger partial charge in [0.2, 0.25) is 0 Å². The fraction of sp³-hybridized carbons (Fsp3) is 0.360. The molecule has 0 unspecified atom stereocenters. The number of fused-ring (bicyclic) bond motifs is 1. The molecule has 30 heavy (non-hydrogen) atoms. The van der Waals surface area contributed by atoms with Crippen LogP contribution in [-0.4, -0.2) is 31.4 Å². The van der Waals surface area contributed by atoms with E-state index < -0.39 is 0 Å². The minimum atomic E-state index is 0.0385. The molecule has 0 radical (unpaired) electrons. The van der Waals surface area contributed by atoms with Crippen LogP contribution in [0.15, 0.2) is 59.7 Å². The number of nitrogens with zero attached hydrogens (tertiary/aromatic N) is 4. The Balaban J connectivity index is 1.64. The van der Waals surface area contributed by atoms with Crippen LogP contribution in [0.3, 0.4) is 0 Å². The lowest BCUT2D eigenvalue weighted by Crippen LogP contribution is -2.29. The Bertz CT molecular complexity index is 1100. The van der Waals surface area contributed by atoms with Crippen molar-refractivity contribution in [2.45, 2.75) is 51.4 Å². The van der Waals surface area contributed by atoms with Crippen molar-refractivity contribution in [3.63, 3.8) is 0 Å². The van der Waals surface area contributed by atoms with Crippen molar-refractivity contribution in [2.24, 2.45) is 4.99 Å². The van der Waals surface area contributed by atoms with E-state index >= 15 is 0 Å². The third-order valence-electron chi connectivity index (χ3n) is 6.28. The van der Waals surface area contributed by atoms with Gasteiger partial charge in [-0.2, -0.15) is 0 Å². The number of hydrogen-bond acceptors (Lipinski definition) is 4. The number of amidine groups is 1. The lowest BCUT2D eigenvalue weighted by molar-refractivity contribution is 0.320. The summed E-state index contributed by atoms with van der Waals surface area (Å²) in [6, 6.07) is 17.5. The average molecular weight is 417 g/mol. The molecule has 4 heterocycles. The number of aromatic nitrogens is 2. The molecule has 4 nitrogen and oxygen atoms in total. The van der Waals surface area contributed by atoms with Crippen LogP contribution in [0.2, 0.25) is 0 Å². The number of thioether (sulfide) groups is 1. The standard InChI is InChI=1S/C25H28N4S/c1-5-19-10-6-7-12-22(19)29-16(2)14-20(18(29)4)24-23(21-11-8-9-13-26-21)27-25-28(24)15-17(3)30-25/h6-14,17,23-24H,5,15H2,1-4H3/t17-,23-,24-/m1/s1. The van der Waals surface area contributed by atoms with Crippen LogP contribution in [0.1, 0.15) is 54.1 Å². The van der Waals surface area contributed by atoms with Crippen molar-refractivity contribution >= 4 is 16.9 Å². The maximum Gasteiger partial charge on any atom is 0.160 e. The van der Waals surface area contributed by atoms with Crippen molar-refractivity contribution in [2.75, 3.05) is 6.54 Å². The highest BCUT2D eigenvalue weighted by atomic mass is 32.2. The zero-order chi connectivity index (χ0) is 20.8. The highest BCUT2D eigenvalue weighted by Crippen LogP contribution is 2.49. The highest BCUT2D eigenvalue weighted by Gasteiger charge is 2.44. The monoisotopic (exact) mass is 416 g/mol. The molecule has 5 rings (SSSR count). The second kappa shape index (κ2) is 7.62. The molecule has 1 aromatic carbocycles. The SMILES string of the molecule is CCc1ccccc1-n1c(C)cc([C@@H]2[C@@H](c3ccccn3)N=C3S[C@H](C)CN32)c1C. The van der Waals surface area contributed by atoms with Crippen molar-refractivity contribution in [3.8, 4) is 5.69 Å². The number of benzene rings is 1. The van der Waals surface area contributed by atoms with Crippen LogP contribution < -0.4 is 0 Å². The van der Waals surface area contributed by atoms with Gasteiger partial charge in [-0.25, -0.2) is 0 Å². The smallest absolute Gasteiger partial charge is 0.160 e. The van der Waals surface area contributed by atoms with Gasteiger partial charge in [0, 0.05) is 35.1 Å². The van der Waals surface area contributed by atoms with Gasteiger partial charge >= 0.3 is 0 Å². The van der Waals surface area contributed by atoms with Gasteiger partial charge < -0.3 is 9.47 Å². The van der Waals surface area contributed by atoms with E-state index in [1.165, 1.54) is 33.4 Å².